The van der Waals surface area contributed by atoms with Crippen LogP contribution < -0.4 is 21.3 Å². The van der Waals surface area contributed by atoms with E-state index in [2.05, 4.69) is 20.4 Å². The Balaban J connectivity index is 2.03. The van der Waals surface area contributed by atoms with Crippen LogP contribution in [0.2, 0.25) is 0 Å². The van der Waals surface area contributed by atoms with E-state index in [9.17, 15) is 13.2 Å². The molecule has 1 heterocycles. The zero-order valence-electron chi connectivity index (χ0n) is 11.0. The number of anilines is 1. The Hall–Kier alpha value is -1.71. The van der Waals surface area contributed by atoms with Crippen LogP contribution in [0.15, 0.2) is 23.2 Å². The lowest BCUT2D eigenvalue weighted by Gasteiger charge is -2.14. The summed E-state index contributed by atoms with van der Waals surface area (Å²) in [5.74, 6) is 5.17. The number of nitrogens with zero attached hydrogens (tertiary/aromatic N) is 1. The topological polar surface area (TPSA) is 126 Å². The molecule has 1 unspecified atom stereocenters. The smallest absolute Gasteiger partial charge is 0.242 e. The number of pyridine rings is 1. The number of hydrogen-bond acceptors (Lipinski definition) is 6. The molecule has 1 fully saturated rings. The SMILES string of the molecule is CC(NS(=O)(=O)c1ccc(NN)nc1)C(=O)NC1CC1. The highest BCUT2D eigenvalue weighted by Crippen LogP contribution is 2.18. The zero-order chi connectivity index (χ0) is 14.8. The minimum absolute atomic E-state index is 0.0254. The van der Waals surface area contributed by atoms with Gasteiger partial charge in [-0.1, -0.05) is 0 Å². The Kier molecular flexibility index (Phi) is 4.21. The van der Waals surface area contributed by atoms with Gasteiger partial charge in [0.25, 0.3) is 0 Å². The monoisotopic (exact) mass is 299 g/mol. The number of carbonyl (C=O) groups is 1. The number of carbonyl (C=O) groups excluding carboxylic acids is 1. The average molecular weight is 299 g/mol. The van der Waals surface area contributed by atoms with Gasteiger partial charge in [0.15, 0.2) is 0 Å². The molecule has 0 saturated heterocycles. The fourth-order valence-corrected chi connectivity index (χ4v) is 2.68. The second-order valence-electron chi connectivity index (χ2n) is 4.65. The van der Waals surface area contributed by atoms with Gasteiger partial charge < -0.3 is 10.7 Å². The molecule has 1 atom stereocenters. The molecule has 20 heavy (non-hydrogen) atoms. The maximum Gasteiger partial charge on any atom is 0.242 e. The van der Waals surface area contributed by atoms with Gasteiger partial charge in [0.1, 0.15) is 10.7 Å². The summed E-state index contributed by atoms with van der Waals surface area (Å²) in [5.41, 5.74) is 2.30. The van der Waals surface area contributed by atoms with Gasteiger partial charge in [-0.2, -0.15) is 4.72 Å². The summed E-state index contributed by atoms with van der Waals surface area (Å²) in [6, 6.07) is 2.14. The van der Waals surface area contributed by atoms with Crippen molar-refractivity contribution in [1.29, 1.82) is 0 Å². The lowest BCUT2D eigenvalue weighted by atomic mass is 10.3. The highest BCUT2D eigenvalue weighted by atomic mass is 32.2. The third-order valence-corrected chi connectivity index (χ3v) is 4.37. The fraction of sp³-hybridized carbons (Fsp3) is 0.455. The molecule has 2 rings (SSSR count). The predicted octanol–water partition coefficient (Wildman–Crippen LogP) is -0.687. The summed E-state index contributed by atoms with van der Waals surface area (Å²) < 4.78 is 26.4. The number of nitrogen functional groups attached to an aromatic ring is 1. The van der Waals surface area contributed by atoms with Crippen molar-refractivity contribution in [2.45, 2.75) is 36.7 Å². The van der Waals surface area contributed by atoms with Crippen molar-refractivity contribution in [1.82, 2.24) is 15.0 Å². The predicted molar refractivity (Wildman–Crippen MR) is 73.0 cm³/mol. The molecular formula is C11H17N5O3S. The molecule has 1 aromatic heterocycles. The lowest BCUT2D eigenvalue weighted by molar-refractivity contribution is -0.122. The minimum Gasteiger partial charge on any atom is -0.352 e. The van der Waals surface area contributed by atoms with Crippen molar-refractivity contribution >= 4 is 21.7 Å². The molecule has 1 aliphatic rings. The van der Waals surface area contributed by atoms with E-state index in [-0.39, 0.29) is 16.8 Å². The number of nitrogens with two attached hydrogens (primary N) is 1. The van der Waals surface area contributed by atoms with E-state index in [1.807, 2.05) is 0 Å². The van der Waals surface area contributed by atoms with E-state index in [4.69, 9.17) is 5.84 Å². The normalized spacial score (nSPS) is 16.5. The Bertz CT molecular complexity index is 583. The molecule has 5 N–H and O–H groups in total. The Morgan fingerprint density at radius 2 is 2.15 bits per heavy atom. The van der Waals surface area contributed by atoms with Crippen molar-refractivity contribution in [3.05, 3.63) is 18.3 Å². The van der Waals surface area contributed by atoms with Crippen LogP contribution in [-0.2, 0) is 14.8 Å². The summed E-state index contributed by atoms with van der Waals surface area (Å²) in [4.78, 5) is 15.5. The van der Waals surface area contributed by atoms with E-state index >= 15 is 0 Å². The van der Waals surface area contributed by atoms with Crippen molar-refractivity contribution in [2.75, 3.05) is 5.43 Å². The standard InChI is InChI=1S/C11H17N5O3S/c1-7(11(17)14-8-2-3-8)16-20(18,19)9-4-5-10(15-12)13-6-9/h4-8,16H,2-3,12H2,1H3,(H,13,15)(H,14,17). The summed E-state index contributed by atoms with van der Waals surface area (Å²) in [6.07, 6.45) is 3.06. The number of rotatable bonds is 6. The van der Waals surface area contributed by atoms with Gasteiger partial charge >= 0.3 is 0 Å². The number of nitrogens with one attached hydrogen (secondary N) is 3. The Morgan fingerprint density at radius 3 is 2.65 bits per heavy atom. The quantitative estimate of drug-likeness (QED) is 0.407. The van der Waals surface area contributed by atoms with Gasteiger partial charge in [0.05, 0.1) is 6.04 Å². The van der Waals surface area contributed by atoms with E-state index < -0.39 is 16.1 Å². The molecule has 0 bridgehead atoms. The third kappa shape index (κ3) is 3.65. The van der Waals surface area contributed by atoms with Crippen LogP contribution in [0, 0.1) is 0 Å². The minimum atomic E-state index is -3.79. The molecule has 0 spiro atoms. The van der Waals surface area contributed by atoms with Gasteiger partial charge in [-0.3, -0.25) is 4.79 Å². The van der Waals surface area contributed by atoms with Gasteiger partial charge in [-0.25, -0.2) is 19.2 Å². The number of sulfonamides is 1. The van der Waals surface area contributed by atoms with Crippen LogP contribution in [0.1, 0.15) is 19.8 Å². The molecule has 8 nitrogen and oxygen atoms in total. The van der Waals surface area contributed by atoms with Gasteiger partial charge in [-0.15, -0.1) is 0 Å². The molecule has 0 aliphatic heterocycles. The van der Waals surface area contributed by atoms with E-state index in [1.54, 1.807) is 0 Å². The molecule has 1 saturated carbocycles. The third-order valence-electron chi connectivity index (χ3n) is 2.84. The first kappa shape index (κ1) is 14.7. The number of hydrogen-bond donors (Lipinski definition) is 4. The molecular weight excluding hydrogens is 282 g/mol. The van der Waals surface area contributed by atoms with Crippen molar-refractivity contribution < 1.29 is 13.2 Å². The summed E-state index contributed by atoms with van der Waals surface area (Å²) in [6.45, 7) is 1.50. The molecule has 0 radical (unpaired) electrons. The number of hydrazine groups is 1. The van der Waals surface area contributed by atoms with Crippen LogP contribution in [0.3, 0.4) is 0 Å². The van der Waals surface area contributed by atoms with Crippen molar-refractivity contribution in [3.63, 3.8) is 0 Å². The van der Waals surface area contributed by atoms with Gasteiger partial charge in [0.2, 0.25) is 15.9 Å². The number of amides is 1. The fourth-order valence-electron chi connectivity index (χ4n) is 1.53. The van der Waals surface area contributed by atoms with E-state index in [1.165, 1.54) is 25.3 Å². The lowest BCUT2D eigenvalue weighted by Crippen LogP contribution is -2.45. The van der Waals surface area contributed by atoms with Gasteiger partial charge in [-0.05, 0) is 31.9 Å². The molecule has 0 aromatic carbocycles. The first-order valence-electron chi connectivity index (χ1n) is 6.18. The average Bonchev–Trinajstić information content (AvgIpc) is 3.22. The highest BCUT2D eigenvalue weighted by molar-refractivity contribution is 7.89. The van der Waals surface area contributed by atoms with Crippen molar-refractivity contribution in [3.8, 4) is 0 Å². The van der Waals surface area contributed by atoms with Crippen LogP contribution >= 0.6 is 0 Å². The second kappa shape index (κ2) is 5.73. The maximum atomic E-state index is 12.1. The number of aromatic nitrogens is 1. The van der Waals surface area contributed by atoms with E-state index in [0.717, 1.165) is 12.8 Å². The maximum absolute atomic E-state index is 12.1. The summed E-state index contributed by atoms with van der Waals surface area (Å²) in [5, 5.41) is 2.74. The van der Waals surface area contributed by atoms with E-state index in [0.29, 0.717) is 5.82 Å². The summed E-state index contributed by atoms with van der Waals surface area (Å²) in [7, 11) is -3.79. The van der Waals surface area contributed by atoms with Crippen LogP contribution in [0.4, 0.5) is 5.82 Å². The second-order valence-corrected chi connectivity index (χ2v) is 6.36. The molecule has 1 amide bonds. The Morgan fingerprint density at radius 1 is 1.45 bits per heavy atom. The van der Waals surface area contributed by atoms with Crippen LogP contribution in [0.25, 0.3) is 0 Å². The molecule has 1 aliphatic carbocycles. The molecule has 110 valence electrons. The first-order valence-corrected chi connectivity index (χ1v) is 7.66. The molecule has 1 aromatic rings. The summed E-state index contributed by atoms with van der Waals surface area (Å²) >= 11 is 0. The first-order chi connectivity index (χ1) is 9.42. The van der Waals surface area contributed by atoms with Crippen molar-refractivity contribution in [2.24, 2.45) is 5.84 Å². The highest BCUT2D eigenvalue weighted by Gasteiger charge is 2.28. The Labute approximate surface area is 117 Å². The van der Waals surface area contributed by atoms with Crippen LogP contribution in [0.5, 0.6) is 0 Å². The molecule has 9 heteroatoms. The zero-order valence-corrected chi connectivity index (χ0v) is 11.8. The van der Waals surface area contributed by atoms with Crippen LogP contribution in [-0.4, -0.2) is 31.4 Å². The van der Waals surface area contributed by atoms with Gasteiger partial charge in [0, 0.05) is 12.2 Å². The largest absolute Gasteiger partial charge is 0.352 e.